The smallest absolute Gasteiger partial charge is 0.255 e. The third kappa shape index (κ3) is 5.01. The Bertz CT molecular complexity index is 1280. The molecule has 0 aliphatic heterocycles. The summed E-state index contributed by atoms with van der Waals surface area (Å²) in [5.74, 6) is 0.503. The van der Waals surface area contributed by atoms with Gasteiger partial charge in [-0.1, -0.05) is 36.4 Å². The van der Waals surface area contributed by atoms with Gasteiger partial charge in [0.1, 0.15) is 5.82 Å². The molecule has 2 amide bonds. The van der Waals surface area contributed by atoms with Crippen molar-refractivity contribution >= 4 is 17.5 Å². The molecule has 0 aliphatic rings. The summed E-state index contributed by atoms with van der Waals surface area (Å²) in [4.78, 5) is 29.7. The third-order valence-electron chi connectivity index (χ3n) is 5.63. The Morgan fingerprint density at radius 3 is 2.27 bits per heavy atom. The molecule has 1 aromatic heterocycles. The zero-order chi connectivity index (χ0) is 23.4. The first kappa shape index (κ1) is 22.0. The highest BCUT2D eigenvalue weighted by molar-refractivity contribution is 6.05. The molecule has 4 rings (SSSR count). The van der Waals surface area contributed by atoms with Gasteiger partial charge in [0.05, 0.1) is 6.04 Å². The minimum atomic E-state index is -0.210. The number of carbonyl (C=O) groups is 2. The summed E-state index contributed by atoms with van der Waals surface area (Å²) in [6, 6.07) is 22.1. The van der Waals surface area contributed by atoms with E-state index >= 15 is 0 Å². The highest BCUT2D eigenvalue weighted by atomic mass is 16.2. The average Bonchev–Trinajstić information content (AvgIpc) is 3.26. The first-order valence-electron chi connectivity index (χ1n) is 10.8. The molecule has 0 saturated heterocycles. The van der Waals surface area contributed by atoms with Crippen LogP contribution in [0.2, 0.25) is 0 Å². The van der Waals surface area contributed by atoms with E-state index in [2.05, 4.69) is 15.6 Å². The SMILES string of the molecule is Cc1ccc(C(=O)N[C@H](C)c2ccc(-n3ccnc3C)cc2)cc1NC(=O)c1ccccc1. The minimum Gasteiger partial charge on any atom is -0.346 e. The quantitative estimate of drug-likeness (QED) is 0.433. The van der Waals surface area contributed by atoms with Gasteiger partial charge in [-0.05, 0) is 68.3 Å². The van der Waals surface area contributed by atoms with Gasteiger partial charge in [0.15, 0.2) is 0 Å². The van der Waals surface area contributed by atoms with Gasteiger partial charge in [-0.2, -0.15) is 0 Å². The first-order chi connectivity index (χ1) is 15.9. The Morgan fingerprint density at radius 2 is 1.61 bits per heavy atom. The van der Waals surface area contributed by atoms with Crippen LogP contribution in [0.1, 0.15) is 50.6 Å². The van der Waals surface area contributed by atoms with Crippen molar-refractivity contribution in [1.82, 2.24) is 14.9 Å². The Labute approximate surface area is 193 Å². The zero-order valence-electron chi connectivity index (χ0n) is 18.9. The predicted octanol–water partition coefficient (Wildman–Crippen LogP) is 5.23. The summed E-state index contributed by atoms with van der Waals surface area (Å²) in [7, 11) is 0. The number of nitrogens with zero attached hydrogens (tertiary/aromatic N) is 2. The van der Waals surface area contributed by atoms with E-state index in [9.17, 15) is 9.59 Å². The van der Waals surface area contributed by atoms with Crippen LogP contribution in [-0.2, 0) is 0 Å². The number of rotatable bonds is 6. The van der Waals surface area contributed by atoms with E-state index < -0.39 is 0 Å². The predicted molar refractivity (Wildman–Crippen MR) is 130 cm³/mol. The van der Waals surface area contributed by atoms with Crippen LogP contribution in [0.3, 0.4) is 0 Å². The van der Waals surface area contributed by atoms with Crippen molar-refractivity contribution in [3.8, 4) is 5.69 Å². The molecule has 166 valence electrons. The Morgan fingerprint density at radius 1 is 0.879 bits per heavy atom. The molecule has 33 heavy (non-hydrogen) atoms. The molecule has 0 fully saturated rings. The zero-order valence-corrected chi connectivity index (χ0v) is 18.9. The highest BCUT2D eigenvalue weighted by Crippen LogP contribution is 2.20. The molecule has 3 aromatic carbocycles. The second kappa shape index (κ2) is 9.53. The van der Waals surface area contributed by atoms with Crippen LogP contribution in [0.5, 0.6) is 0 Å². The Balaban J connectivity index is 1.45. The maximum absolute atomic E-state index is 12.9. The second-order valence-electron chi connectivity index (χ2n) is 7.98. The van der Waals surface area contributed by atoms with Crippen LogP contribution in [0.15, 0.2) is 85.2 Å². The largest absolute Gasteiger partial charge is 0.346 e. The van der Waals surface area contributed by atoms with E-state index in [0.717, 1.165) is 22.6 Å². The number of imidazole rings is 1. The molecule has 0 unspecified atom stereocenters. The third-order valence-corrected chi connectivity index (χ3v) is 5.63. The number of amides is 2. The van der Waals surface area contributed by atoms with Crippen molar-refractivity contribution in [2.45, 2.75) is 26.8 Å². The highest BCUT2D eigenvalue weighted by Gasteiger charge is 2.14. The van der Waals surface area contributed by atoms with Crippen molar-refractivity contribution in [3.05, 3.63) is 113 Å². The van der Waals surface area contributed by atoms with Gasteiger partial charge in [-0.3, -0.25) is 9.59 Å². The minimum absolute atomic E-state index is 0.181. The van der Waals surface area contributed by atoms with Gasteiger partial charge in [-0.15, -0.1) is 0 Å². The molecule has 2 N–H and O–H groups in total. The second-order valence-corrected chi connectivity index (χ2v) is 7.98. The van der Waals surface area contributed by atoms with Crippen LogP contribution >= 0.6 is 0 Å². The molecule has 0 bridgehead atoms. The van der Waals surface area contributed by atoms with E-state index in [1.54, 1.807) is 30.5 Å². The van der Waals surface area contributed by atoms with E-state index in [1.165, 1.54) is 0 Å². The molecular formula is C27H26N4O2. The lowest BCUT2D eigenvalue weighted by Crippen LogP contribution is -2.27. The summed E-state index contributed by atoms with van der Waals surface area (Å²) in [6.07, 6.45) is 3.69. The molecule has 0 saturated carbocycles. The number of aromatic nitrogens is 2. The standard InChI is InChI=1S/C27H26N4O2/c1-18-9-10-23(17-25(18)30-26(32)22-7-5-4-6-8-22)27(33)29-19(2)21-11-13-24(14-12-21)31-16-15-28-20(31)3/h4-17,19H,1-3H3,(H,29,33)(H,30,32)/t19-/m1/s1. The number of carbonyl (C=O) groups excluding carboxylic acids is 2. The number of anilines is 1. The molecule has 6 nitrogen and oxygen atoms in total. The molecule has 0 radical (unpaired) electrons. The van der Waals surface area contributed by atoms with E-state index in [-0.39, 0.29) is 17.9 Å². The molecule has 6 heteroatoms. The number of nitrogens with one attached hydrogen (secondary N) is 2. The lowest BCUT2D eigenvalue weighted by molar-refractivity contribution is 0.0938. The molecule has 1 heterocycles. The van der Waals surface area contributed by atoms with Gasteiger partial charge in [-0.25, -0.2) is 4.98 Å². The lowest BCUT2D eigenvalue weighted by atomic mass is 10.1. The van der Waals surface area contributed by atoms with E-state index in [4.69, 9.17) is 0 Å². The monoisotopic (exact) mass is 438 g/mol. The number of benzene rings is 3. The average molecular weight is 439 g/mol. The summed E-state index contributed by atoms with van der Waals surface area (Å²) in [5.41, 5.74) is 4.56. The van der Waals surface area contributed by atoms with Crippen molar-refractivity contribution in [2.24, 2.45) is 0 Å². The van der Waals surface area contributed by atoms with Crippen molar-refractivity contribution in [3.63, 3.8) is 0 Å². The molecule has 4 aromatic rings. The van der Waals surface area contributed by atoms with Gasteiger partial charge >= 0.3 is 0 Å². The van der Waals surface area contributed by atoms with E-state index in [0.29, 0.717) is 16.8 Å². The van der Waals surface area contributed by atoms with Crippen LogP contribution in [0.25, 0.3) is 5.69 Å². The van der Waals surface area contributed by atoms with Crippen molar-refractivity contribution < 1.29 is 9.59 Å². The van der Waals surface area contributed by atoms with Crippen LogP contribution < -0.4 is 10.6 Å². The van der Waals surface area contributed by atoms with Gasteiger partial charge in [0.2, 0.25) is 0 Å². The van der Waals surface area contributed by atoms with Crippen LogP contribution in [0, 0.1) is 13.8 Å². The fraction of sp³-hybridized carbons (Fsp3) is 0.148. The normalized spacial score (nSPS) is 11.6. The molecule has 0 aliphatic carbocycles. The number of hydrogen-bond acceptors (Lipinski definition) is 3. The van der Waals surface area contributed by atoms with Gasteiger partial charge in [0, 0.05) is 34.9 Å². The maximum atomic E-state index is 12.9. The van der Waals surface area contributed by atoms with Gasteiger partial charge in [0.25, 0.3) is 11.8 Å². The molecule has 1 atom stereocenters. The Kier molecular flexibility index (Phi) is 6.36. The summed E-state index contributed by atoms with van der Waals surface area (Å²) >= 11 is 0. The number of aryl methyl sites for hydroxylation is 2. The summed E-state index contributed by atoms with van der Waals surface area (Å²) in [5, 5.41) is 5.94. The molecule has 0 spiro atoms. The van der Waals surface area contributed by atoms with Crippen molar-refractivity contribution in [1.29, 1.82) is 0 Å². The fourth-order valence-electron chi connectivity index (χ4n) is 3.62. The topological polar surface area (TPSA) is 76.0 Å². The number of hydrogen-bond donors (Lipinski definition) is 2. The maximum Gasteiger partial charge on any atom is 0.255 e. The van der Waals surface area contributed by atoms with Crippen LogP contribution in [0.4, 0.5) is 5.69 Å². The van der Waals surface area contributed by atoms with Crippen LogP contribution in [-0.4, -0.2) is 21.4 Å². The first-order valence-corrected chi connectivity index (χ1v) is 10.8. The Hall–Kier alpha value is -4.19. The fourth-order valence-corrected chi connectivity index (χ4v) is 3.62. The van der Waals surface area contributed by atoms with Gasteiger partial charge < -0.3 is 15.2 Å². The lowest BCUT2D eigenvalue weighted by Gasteiger charge is -2.16. The van der Waals surface area contributed by atoms with Crippen molar-refractivity contribution in [2.75, 3.05) is 5.32 Å². The van der Waals surface area contributed by atoms with E-state index in [1.807, 2.05) is 80.1 Å². The molecular weight excluding hydrogens is 412 g/mol. The summed E-state index contributed by atoms with van der Waals surface area (Å²) in [6.45, 7) is 5.80. The summed E-state index contributed by atoms with van der Waals surface area (Å²) < 4.78 is 2.00.